The van der Waals surface area contributed by atoms with Gasteiger partial charge in [-0.05, 0) is 75.3 Å². The van der Waals surface area contributed by atoms with E-state index >= 15 is 0 Å². The third-order valence-corrected chi connectivity index (χ3v) is 7.11. The molecule has 0 N–H and O–H groups in total. The first-order chi connectivity index (χ1) is 14.0. The lowest BCUT2D eigenvalue weighted by atomic mass is 9.67. The monoisotopic (exact) mass is 452 g/mol. The van der Waals surface area contributed by atoms with Crippen LogP contribution in [0.2, 0.25) is 0 Å². The van der Waals surface area contributed by atoms with Crippen LogP contribution >= 0.6 is 15.9 Å². The van der Waals surface area contributed by atoms with E-state index in [1.54, 1.807) is 0 Å². The van der Waals surface area contributed by atoms with Gasteiger partial charge in [0.15, 0.2) is 0 Å². The van der Waals surface area contributed by atoms with Gasteiger partial charge in [0.2, 0.25) is 0 Å². The number of nitrogens with zero attached hydrogens (tertiary/aromatic N) is 2. The summed E-state index contributed by atoms with van der Waals surface area (Å²) in [6.07, 6.45) is 6.87. The first-order valence-electron chi connectivity index (χ1n) is 11.0. The summed E-state index contributed by atoms with van der Waals surface area (Å²) in [7, 11) is 0. The number of benzene rings is 2. The number of hydrogen-bond acceptors (Lipinski definition) is 2. The zero-order valence-electron chi connectivity index (χ0n) is 17.8. The first kappa shape index (κ1) is 22.1. The van der Waals surface area contributed by atoms with E-state index in [-0.39, 0.29) is 5.41 Å². The minimum atomic E-state index is -0.355. The van der Waals surface area contributed by atoms with Crippen LogP contribution in [0.4, 0.5) is 0 Å². The van der Waals surface area contributed by atoms with Gasteiger partial charge in [0, 0.05) is 17.1 Å². The Morgan fingerprint density at radius 2 is 1.72 bits per heavy atom. The van der Waals surface area contributed by atoms with Crippen LogP contribution in [0, 0.1) is 17.2 Å². The van der Waals surface area contributed by atoms with E-state index < -0.39 is 0 Å². The Kier molecular flexibility index (Phi) is 7.92. The smallest absolute Gasteiger partial charge is 0.0850 e. The molecule has 1 saturated carbocycles. The van der Waals surface area contributed by atoms with Crippen molar-refractivity contribution in [3.8, 4) is 6.07 Å². The molecule has 0 aliphatic heterocycles. The van der Waals surface area contributed by atoms with Crippen molar-refractivity contribution < 1.29 is 0 Å². The van der Waals surface area contributed by atoms with Crippen LogP contribution in [0.3, 0.4) is 0 Å². The predicted molar refractivity (Wildman–Crippen MR) is 125 cm³/mol. The molecule has 2 aromatic carbocycles. The van der Waals surface area contributed by atoms with E-state index in [1.165, 1.54) is 36.8 Å². The number of hydrogen-bond donors (Lipinski definition) is 0. The van der Waals surface area contributed by atoms with E-state index in [4.69, 9.17) is 0 Å². The quantitative estimate of drug-likeness (QED) is 0.405. The number of rotatable bonds is 9. The fourth-order valence-corrected chi connectivity index (χ4v) is 5.12. The summed E-state index contributed by atoms with van der Waals surface area (Å²) < 4.78 is 1.08. The predicted octanol–water partition coefficient (Wildman–Crippen LogP) is 7.09. The average molecular weight is 453 g/mol. The summed E-state index contributed by atoms with van der Waals surface area (Å²) in [4.78, 5) is 2.54. The maximum Gasteiger partial charge on any atom is 0.0850 e. The van der Waals surface area contributed by atoms with Crippen LogP contribution in [0.15, 0.2) is 59.1 Å². The first-order valence-corrected chi connectivity index (χ1v) is 11.8. The van der Waals surface area contributed by atoms with Gasteiger partial charge < -0.3 is 0 Å². The minimum absolute atomic E-state index is 0.355. The molecule has 3 heteroatoms. The molecule has 3 rings (SSSR count). The van der Waals surface area contributed by atoms with Crippen molar-refractivity contribution in [3.05, 3.63) is 70.2 Å². The summed E-state index contributed by atoms with van der Waals surface area (Å²) in [5.41, 5.74) is 2.21. The molecule has 1 fully saturated rings. The lowest BCUT2D eigenvalue weighted by Gasteiger charge is -2.35. The highest BCUT2D eigenvalue weighted by molar-refractivity contribution is 9.10. The molecular formula is C26H33BrN2. The Morgan fingerprint density at radius 1 is 1.07 bits per heavy atom. The molecule has 0 spiro atoms. The SMILES string of the molecule is CC(C)N(CCCC(C#N)(c1ccc(Br)cc1)C1CCCC1)Cc1ccccc1. The van der Waals surface area contributed by atoms with Gasteiger partial charge in [0.25, 0.3) is 0 Å². The Morgan fingerprint density at radius 3 is 2.31 bits per heavy atom. The van der Waals surface area contributed by atoms with Gasteiger partial charge in [-0.1, -0.05) is 71.2 Å². The second kappa shape index (κ2) is 10.4. The van der Waals surface area contributed by atoms with Crippen molar-refractivity contribution in [1.29, 1.82) is 5.26 Å². The van der Waals surface area contributed by atoms with Crippen LogP contribution in [0.25, 0.3) is 0 Å². The molecular weight excluding hydrogens is 420 g/mol. The molecule has 0 aromatic heterocycles. The summed E-state index contributed by atoms with van der Waals surface area (Å²) in [6, 6.07) is 22.5. The molecule has 29 heavy (non-hydrogen) atoms. The van der Waals surface area contributed by atoms with Crippen molar-refractivity contribution in [1.82, 2.24) is 4.90 Å². The fourth-order valence-electron chi connectivity index (χ4n) is 4.86. The van der Waals surface area contributed by atoms with E-state index in [1.807, 2.05) is 0 Å². The van der Waals surface area contributed by atoms with Gasteiger partial charge in [-0.2, -0.15) is 5.26 Å². The van der Waals surface area contributed by atoms with Crippen molar-refractivity contribution in [2.45, 2.75) is 70.4 Å². The normalized spacial score (nSPS) is 16.8. The molecule has 2 aromatic rings. The molecule has 0 heterocycles. The molecule has 154 valence electrons. The molecule has 1 aliphatic rings. The lowest BCUT2D eigenvalue weighted by molar-refractivity contribution is 0.197. The minimum Gasteiger partial charge on any atom is -0.297 e. The van der Waals surface area contributed by atoms with E-state index in [2.05, 4.69) is 95.3 Å². The van der Waals surface area contributed by atoms with Crippen molar-refractivity contribution in [2.75, 3.05) is 6.54 Å². The third-order valence-electron chi connectivity index (χ3n) is 6.59. The third kappa shape index (κ3) is 5.50. The topological polar surface area (TPSA) is 27.0 Å². The summed E-state index contributed by atoms with van der Waals surface area (Å²) in [5, 5.41) is 10.4. The zero-order chi connectivity index (χ0) is 20.7. The zero-order valence-corrected chi connectivity index (χ0v) is 19.4. The van der Waals surface area contributed by atoms with Crippen molar-refractivity contribution in [2.24, 2.45) is 5.92 Å². The molecule has 0 amide bonds. The van der Waals surface area contributed by atoms with Gasteiger partial charge >= 0.3 is 0 Å². The Bertz CT molecular complexity index is 788. The van der Waals surface area contributed by atoms with Gasteiger partial charge in [-0.3, -0.25) is 4.90 Å². The van der Waals surface area contributed by atoms with Crippen LogP contribution in [0.5, 0.6) is 0 Å². The van der Waals surface area contributed by atoms with Gasteiger partial charge in [0.05, 0.1) is 11.5 Å². The van der Waals surface area contributed by atoms with Gasteiger partial charge in [-0.15, -0.1) is 0 Å². The molecule has 1 atom stereocenters. The molecule has 1 unspecified atom stereocenters. The van der Waals surface area contributed by atoms with E-state index in [0.29, 0.717) is 12.0 Å². The van der Waals surface area contributed by atoms with Crippen LogP contribution < -0.4 is 0 Å². The van der Waals surface area contributed by atoms with Gasteiger partial charge in [0.1, 0.15) is 0 Å². The Balaban J connectivity index is 1.73. The van der Waals surface area contributed by atoms with Gasteiger partial charge in [-0.25, -0.2) is 0 Å². The molecule has 0 radical (unpaired) electrons. The highest BCUT2D eigenvalue weighted by atomic mass is 79.9. The standard InChI is InChI=1S/C26H33BrN2/c1-21(2)29(19-22-9-4-3-5-10-22)18-8-17-26(20-28,23-11-6-7-12-23)24-13-15-25(27)16-14-24/h3-5,9-10,13-16,21,23H,6-8,11-12,17-19H2,1-2H3. The summed E-state index contributed by atoms with van der Waals surface area (Å²) >= 11 is 3.55. The molecule has 1 aliphatic carbocycles. The second-order valence-electron chi connectivity index (χ2n) is 8.72. The second-order valence-corrected chi connectivity index (χ2v) is 9.64. The highest BCUT2D eigenvalue weighted by Gasteiger charge is 2.41. The maximum absolute atomic E-state index is 10.4. The fraction of sp³-hybridized carbons (Fsp3) is 0.500. The maximum atomic E-state index is 10.4. The number of nitriles is 1. The average Bonchev–Trinajstić information content (AvgIpc) is 3.27. The van der Waals surface area contributed by atoms with Crippen molar-refractivity contribution >= 4 is 15.9 Å². The highest BCUT2D eigenvalue weighted by Crippen LogP contribution is 2.45. The molecule has 0 saturated heterocycles. The molecule has 0 bridgehead atoms. The van der Waals surface area contributed by atoms with Crippen LogP contribution in [0.1, 0.15) is 63.5 Å². The lowest BCUT2D eigenvalue weighted by Crippen LogP contribution is -2.36. The summed E-state index contributed by atoms with van der Waals surface area (Å²) in [5.74, 6) is 0.482. The van der Waals surface area contributed by atoms with Crippen LogP contribution in [-0.2, 0) is 12.0 Å². The summed E-state index contributed by atoms with van der Waals surface area (Å²) in [6.45, 7) is 6.54. The number of halogens is 1. The largest absolute Gasteiger partial charge is 0.297 e. The Labute approximate surface area is 185 Å². The van der Waals surface area contributed by atoms with E-state index in [0.717, 1.165) is 30.4 Å². The molecule has 2 nitrogen and oxygen atoms in total. The Hall–Kier alpha value is -1.63. The van der Waals surface area contributed by atoms with Crippen molar-refractivity contribution in [3.63, 3.8) is 0 Å². The van der Waals surface area contributed by atoms with E-state index in [9.17, 15) is 5.26 Å². The van der Waals surface area contributed by atoms with Crippen LogP contribution in [-0.4, -0.2) is 17.5 Å².